The van der Waals surface area contributed by atoms with Crippen LogP contribution in [-0.2, 0) is 6.54 Å². The van der Waals surface area contributed by atoms with E-state index in [1.165, 1.54) is 10.5 Å². The molecule has 0 aliphatic heterocycles. The Hall–Kier alpha value is -0.0300. The van der Waals surface area contributed by atoms with E-state index in [9.17, 15) is 0 Å². The van der Waals surface area contributed by atoms with Crippen molar-refractivity contribution in [3.8, 4) is 0 Å². The molecule has 0 amide bonds. The van der Waals surface area contributed by atoms with Gasteiger partial charge in [0.2, 0.25) is 0 Å². The van der Waals surface area contributed by atoms with Gasteiger partial charge in [-0.25, -0.2) is 0 Å². The molecule has 0 bridgehead atoms. The van der Waals surface area contributed by atoms with Crippen molar-refractivity contribution in [3.05, 3.63) is 28.2 Å². The highest BCUT2D eigenvalue weighted by Crippen LogP contribution is 2.28. The molecule has 2 nitrogen and oxygen atoms in total. The van der Waals surface area contributed by atoms with Crippen LogP contribution in [0.15, 0.2) is 27.6 Å². The summed E-state index contributed by atoms with van der Waals surface area (Å²) in [5.74, 6) is 0.670. The SMILES string of the molecule is CC(C)CNCc1ccc(SC(C)CO)cc1Br. The van der Waals surface area contributed by atoms with E-state index >= 15 is 0 Å². The molecule has 0 heterocycles. The predicted octanol–water partition coefficient (Wildman–Crippen LogP) is 3.67. The molecule has 4 heteroatoms. The van der Waals surface area contributed by atoms with Crippen LogP contribution in [-0.4, -0.2) is 23.5 Å². The molecule has 1 aromatic carbocycles. The van der Waals surface area contributed by atoms with Gasteiger partial charge in [0.1, 0.15) is 0 Å². The maximum absolute atomic E-state index is 9.05. The van der Waals surface area contributed by atoms with Crippen LogP contribution < -0.4 is 5.32 Å². The number of aliphatic hydroxyl groups excluding tert-OH is 1. The standard InChI is InChI=1S/C14H22BrNOS/c1-10(2)7-16-8-12-4-5-13(6-14(12)15)18-11(3)9-17/h4-6,10-11,16-17H,7-9H2,1-3H3. The molecule has 1 rings (SSSR count). The fourth-order valence-corrected chi connectivity index (χ4v) is 3.05. The summed E-state index contributed by atoms with van der Waals surface area (Å²) in [7, 11) is 0. The van der Waals surface area contributed by atoms with Crippen LogP contribution in [0.1, 0.15) is 26.3 Å². The number of halogens is 1. The van der Waals surface area contributed by atoms with Gasteiger partial charge in [-0.15, -0.1) is 11.8 Å². The van der Waals surface area contributed by atoms with E-state index < -0.39 is 0 Å². The Kier molecular flexibility index (Phi) is 7.30. The van der Waals surface area contributed by atoms with Crippen molar-refractivity contribution in [3.63, 3.8) is 0 Å². The van der Waals surface area contributed by atoms with Crippen molar-refractivity contribution in [1.29, 1.82) is 0 Å². The van der Waals surface area contributed by atoms with E-state index in [1.807, 2.05) is 6.92 Å². The number of hydrogen-bond acceptors (Lipinski definition) is 3. The second-order valence-electron chi connectivity index (χ2n) is 4.89. The summed E-state index contributed by atoms with van der Waals surface area (Å²) in [5.41, 5.74) is 1.27. The van der Waals surface area contributed by atoms with Crippen molar-refractivity contribution < 1.29 is 5.11 Å². The Bertz CT molecular complexity index is 371. The number of hydrogen-bond donors (Lipinski definition) is 2. The van der Waals surface area contributed by atoms with Gasteiger partial charge >= 0.3 is 0 Å². The molecule has 1 unspecified atom stereocenters. The van der Waals surface area contributed by atoms with Crippen LogP contribution in [0.2, 0.25) is 0 Å². The second kappa shape index (κ2) is 8.20. The minimum absolute atomic E-state index is 0.208. The first kappa shape index (κ1) is 16.0. The van der Waals surface area contributed by atoms with Gasteiger partial charge in [-0.05, 0) is 30.2 Å². The number of benzene rings is 1. The molecule has 0 aliphatic carbocycles. The van der Waals surface area contributed by atoms with E-state index in [0.717, 1.165) is 17.6 Å². The lowest BCUT2D eigenvalue weighted by molar-refractivity contribution is 0.300. The average molecular weight is 332 g/mol. The fraction of sp³-hybridized carbons (Fsp3) is 0.571. The first-order valence-corrected chi connectivity index (χ1v) is 7.96. The molecule has 0 fully saturated rings. The molecule has 0 radical (unpaired) electrons. The van der Waals surface area contributed by atoms with E-state index in [-0.39, 0.29) is 11.9 Å². The normalized spacial score (nSPS) is 13.0. The lowest BCUT2D eigenvalue weighted by Crippen LogP contribution is -2.19. The molecule has 18 heavy (non-hydrogen) atoms. The Balaban J connectivity index is 2.56. The van der Waals surface area contributed by atoms with E-state index in [0.29, 0.717) is 5.92 Å². The van der Waals surface area contributed by atoms with Crippen LogP contribution in [0.4, 0.5) is 0 Å². The number of nitrogens with one attached hydrogen (secondary N) is 1. The first-order chi connectivity index (χ1) is 8.52. The van der Waals surface area contributed by atoms with Crippen LogP contribution in [0.3, 0.4) is 0 Å². The highest BCUT2D eigenvalue weighted by atomic mass is 79.9. The van der Waals surface area contributed by atoms with Crippen LogP contribution in [0, 0.1) is 5.92 Å². The van der Waals surface area contributed by atoms with Crippen molar-refractivity contribution in [2.75, 3.05) is 13.2 Å². The van der Waals surface area contributed by atoms with Crippen molar-refractivity contribution in [1.82, 2.24) is 5.32 Å². The molecule has 1 atom stereocenters. The zero-order valence-corrected chi connectivity index (χ0v) is 13.6. The van der Waals surface area contributed by atoms with Gasteiger partial charge in [0.05, 0.1) is 6.61 Å². The highest BCUT2D eigenvalue weighted by molar-refractivity contribution is 9.10. The first-order valence-electron chi connectivity index (χ1n) is 6.29. The molecule has 0 aromatic heterocycles. The Morgan fingerprint density at radius 3 is 2.61 bits per heavy atom. The molecule has 2 N–H and O–H groups in total. The van der Waals surface area contributed by atoms with Crippen LogP contribution in [0.25, 0.3) is 0 Å². The summed E-state index contributed by atoms with van der Waals surface area (Å²) in [4.78, 5) is 1.19. The predicted molar refractivity (Wildman–Crippen MR) is 83.1 cm³/mol. The van der Waals surface area contributed by atoms with E-state index in [2.05, 4.69) is 53.3 Å². The lowest BCUT2D eigenvalue weighted by Gasteiger charge is -2.12. The van der Waals surface area contributed by atoms with Gasteiger partial charge in [-0.2, -0.15) is 0 Å². The third-order valence-electron chi connectivity index (χ3n) is 2.49. The smallest absolute Gasteiger partial charge is 0.0550 e. The summed E-state index contributed by atoms with van der Waals surface area (Å²) in [6.45, 7) is 8.57. The summed E-state index contributed by atoms with van der Waals surface area (Å²) < 4.78 is 1.13. The molecule has 0 saturated heterocycles. The summed E-state index contributed by atoms with van der Waals surface area (Å²) in [6.07, 6.45) is 0. The molecule has 0 aliphatic rings. The molecular formula is C14H22BrNOS. The highest BCUT2D eigenvalue weighted by Gasteiger charge is 2.06. The number of thioether (sulfide) groups is 1. The Morgan fingerprint density at radius 2 is 2.06 bits per heavy atom. The zero-order chi connectivity index (χ0) is 13.5. The third kappa shape index (κ3) is 5.74. The second-order valence-corrected chi connectivity index (χ2v) is 7.26. The van der Waals surface area contributed by atoms with Gasteiger partial charge in [-0.3, -0.25) is 0 Å². The van der Waals surface area contributed by atoms with Crippen LogP contribution >= 0.6 is 27.7 Å². The lowest BCUT2D eigenvalue weighted by atomic mass is 10.2. The minimum atomic E-state index is 0.208. The molecule has 0 spiro atoms. The third-order valence-corrected chi connectivity index (χ3v) is 4.30. The summed E-state index contributed by atoms with van der Waals surface area (Å²) in [6, 6.07) is 6.39. The van der Waals surface area contributed by atoms with Crippen molar-refractivity contribution in [2.45, 2.75) is 37.5 Å². The van der Waals surface area contributed by atoms with E-state index in [1.54, 1.807) is 11.8 Å². The number of aliphatic hydroxyl groups is 1. The van der Waals surface area contributed by atoms with Crippen molar-refractivity contribution in [2.24, 2.45) is 5.92 Å². The average Bonchev–Trinajstić information content (AvgIpc) is 2.31. The van der Waals surface area contributed by atoms with Crippen LogP contribution in [0.5, 0.6) is 0 Å². The summed E-state index contributed by atoms with van der Waals surface area (Å²) in [5, 5.41) is 12.7. The molecular weight excluding hydrogens is 310 g/mol. The Labute approximate surface area is 123 Å². The summed E-state index contributed by atoms with van der Waals surface area (Å²) >= 11 is 5.31. The monoisotopic (exact) mass is 331 g/mol. The van der Waals surface area contributed by atoms with Gasteiger partial charge in [0.15, 0.2) is 0 Å². The zero-order valence-electron chi connectivity index (χ0n) is 11.2. The Morgan fingerprint density at radius 1 is 1.33 bits per heavy atom. The van der Waals surface area contributed by atoms with Crippen molar-refractivity contribution >= 4 is 27.7 Å². The maximum Gasteiger partial charge on any atom is 0.0550 e. The maximum atomic E-state index is 9.05. The molecule has 0 saturated carbocycles. The fourth-order valence-electron chi connectivity index (χ4n) is 1.51. The quantitative estimate of drug-likeness (QED) is 0.748. The van der Waals surface area contributed by atoms with Gasteiger partial charge in [-0.1, -0.05) is 42.8 Å². The largest absolute Gasteiger partial charge is 0.395 e. The van der Waals surface area contributed by atoms with Gasteiger partial charge < -0.3 is 10.4 Å². The number of rotatable bonds is 7. The molecule has 102 valence electrons. The minimum Gasteiger partial charge on any atom is -0.395 e. The van der Waals surface area contributed by atoms with Gasteiger partial charge in [0, 0.05) is 21.2 Å². The molecule has 1 aromatic rings. The topological polar surface area (TPSA) is 32.3 Å². The van der Waals surface area contributed by atoms with Gasteiger partial charge in [0.25, 0.3) is 0 Å². The van der Waals surface area contributed by atoms with E-state index in [4.69, 9.17) is 5.11 Å².